The van der Waals surface area contributed by atoms with Crippen LogP contribution in [0.2, 0.25) is 0 Å². The molecule has 2 aromatic rings. The lowest BCUT2D eigenvalue weighted by Gasteiger charge is -2.47. The zero-order valence-corrected chi connectivity index (χ0v) is 15.3. The monoisotopic (exact) mass is 386 g/mol. The number of methoxy groups -OCH3 is 1. The molecule has 0 amide bonds. The van der Waals surface area contributed by atoms with E-state index in [1.54, 1.807) is 24.3 Å². The average molecular weight is 386 g/mol. The summed E-state index contributed by atoms with van der Waals surface area (Å²) in [5.74, 6) is -0.550. The second-order valence-electron chi connectivity index (χ2n) is 6.68. The SMILES string of the molecule is CO[C@H]1O[C@@H]2COC(c3ccccc3)O[C@H]2[C@H](OC(=O)c2ccccc2)[C@@H]1O. The molecule has 2 aliphatic rings. The molecule has 0 saturated carbocycles. The van der Waals surface area contributed by atoms with Crippen LogP contribution in [-0.2, 0) is 23.7 Å². The molecule has 2 aliphatic heterocycles. The van der Waals surface area contributed by atoms with Gasteiger partial charge in [-0.3, -0.25) is 0 Å². The summed E-state index contributed by atoms with van der Waals surface area (Å²) in [6.45, 7) is 0.218. The molecule has 7 nitrogen and oxygen atoms in total. The molecule has 0 radical (unpaired) electrons. The van der Waals surface area contributed by atoms with Crippen LogP contribution in [0.1, 0.15) is 22.2 Å². The van der Waals surface area contributed by atoms with Crippen molar-refractivity contribution in [2.75, 3.05) is 13.7 Å². The highest BCUT2D eigenvalue weighted by Crippen LogP contribution is 2.35. The van der Waals surface area contributed by atoms with Gasteiger partial charge < -0.3 is 28.8 Å². The quantitative estimate of drug-likeness (QED) is 0.806. The Labute approximate surface area is 162 Å². The van der Waals surface area contributed by atoms with Gasteiger partial charge in [-0.25, -0.2) is 4.79 Å². The molecule has 6 atom stereocenters. The van der Waals surface area contributed by atoms with Gasteiger partial charge in [0.15, 0.2) is 18.7 Å². The Morgan fingerprint density at radius 2 is 1.71 bits per heavy atom. The molecule has 0 bridgehead atoms. The van der Waals surface area contributed by atoms with E-state index < -0.39 is 43.0 Å². The average Bonchev–Trinajstić information content (AvgIpc) is 2.76. The third-order valence-corrected chi connectivity index (χ3v) is 4.86. The van der Waals surface area contributed by atoms with Crippen LogP contribution in [0.15, 0.2) is 60.7 Å². The van der Waals surface area contributed by atoms with Crippen molar-refractivity contribution in [3.8, 4) is 0 Å². The number of aliphatic hydroxyl groups excluding tert-OH is 1. The van der Waals surface area contributed by atoms with Crippen molar-refractivity contribution in [2.24, 2.45) is 0 Å². The molecule has 0 spiro atoms. The van der Waals surface area contributed by atoms with Gasteiger partial charge >= 0.3 is 5.97 Å². The second-order valence-corrected chi connectivity index (χ2v) is 6.68. The van der Waals surface area contributed by atoms with Crippen molar-refractivity contribution in [3.05, 3.63) is 71.8 Å². The van der Waals surface area contributed by atoms with E-state index >= 15 is 0 Å². The smallest absolute Gasteiger partial charge is 0.338 e. The Kier molecular flexibility index (Phi) is 5.70. The summed E-state index contributed by atoms with van der Waals surface area (Å²) in [5.41, 5.74) is 1.22. The van der Waals surface area contributed by atoms with Crippen molar-refractivity contribution in [1.29, 1.82) is 0 Å². The predicted octanol–water partition coefficient (Wildman–Crippen LogP) is 2.06. The van der Waals surface area contributed by atoms with Gasteiger partial charge in [-0.1, -0.05) is 48.5 Å². The molecule has 0 aromatic heterocycles. The Morgan fingerprint density at radius 3 is 2.39 bits per heavy atom. The van der Waals surface area contributed by atoms with Crippen LogP contribution in [0.25, 0.3) is 0 Å². The Bertz CT molecular complexity index is 782. The number of hydrogen-bond donors (Lipinski definition) is 1. The maximum Gasteiger partial charge on any atom is 0.338 e. The van der Waals surface area contributed by atoms with Crippen molar-refractivity contribution in [3.63, 3.8) is 0 Å². The molecular weight excluding hydrogens is 364 g/mol. The molecule has 28 heavy (non-hydrogen) atoms. The Hall–Kier alpha value is -2.29. The lowest BCUT2D eigenvalue weighted by molar-refractivity contribution is -0.357. The molecule has 7 heteroatoms. The standard InChI is InChI=1S/C21H22O7/c1-24-21-16(22)18(27-19(23)13-8-4-2-5-9-13)17-15(26-21)12-25-20(28-17)14-10-6-3-7-11-14/h2-11,15-18,20-22H,12H2,1H3/t15-,16+,17-,18-,20?,21+/m1/s1. The molecule has 2 heterocycles. The molecule has 4 rings (SSSR count). The Morgan fingerprint density at radius 1 is 1.04 bits per heavy atom. The van der Waals surface area contributed by atoms with Gasteiger partial charge in [-0.2, -0.15) is 0 Å². The fourth-order valence-corrected chi connectivity index (χ4v) is 3.44. The van der Waals surface area contributed by atoms with Crippen LogP contribution in [-0.4, -0.2) is 55.5 Å². The van der Waals surface area contributed by atoms with Crippen LogP contribution in [0.5, 0.6) is 0 Å². The van der Waals surface area contributed by atoms with Crippen LogP contribution in [0.3, 0.4) is 0 Å². The number of benzene rings is 2. The zero-order chi connectivity index (χ0) is 19.5. The van der Waals surface area contributed by atoms with Crippen LogP contribution in [0.4, 0.5) is 0 Å². The number of aliphatic hydroxyl groups is 1. The van der Waals surface area contributed by atoms with Crippen LogP contribution < -0.4 is 0 Å². The number of rotatable bonds is 4. The molecule has 0 aliphatic carbocycles. The lowest BCUT2D eigenvalue weighted by atomic mass is 9.97. The molecule has 1 unspecified atom stereocenters. The summed E-state index contributed by atoms with van der Waals surface area (Å²) in [6.07, 6.45) is -5.00. The van der Waals surface area contributed by atoms with Gasteiger partial charge in [0, 0.05) is 12.7 Å². The van der Waals surface area contributed by atoms with Crippen molar-refractivity contribution < 1.29 is 33.6 Å². The van der Waals surface area contributed by atoms with Gasteiger partial charge in [-0.05, 0) is 12.1 Å². The highest BCUT2D eigenvalue weighted by Gasteiger charge is 2.51. The molecule has 148 valence electrons. The molecule has 2 fully saturated rings. The first-order valence-electron chi connectivity index (χ1n) is 9.11. The van der Waals surface area contributed by atoms with Crippen LogP contribution in [0, 0.1) is 0 Å². The number of carbonyl (C=O) groups excluding carboxylic acids is 1. The molecule has 2 saturated heterocycles. The summed E-state index contributed by atoms with van der Waals surface area (Å²) in [5, 5.41) is 10.7. The highest BCUT2D eigenvalue weighted by atomic mass is 16.8. The van der Waals surface area contributed by atoms with E-state index in [9.17, 15) is 9.90 Å². The second kappa shape index (κ2) is 8.38. The third kappa shape index (κ3) is 3.80. The number of ether oxygens (including phenoxy) is 5. The van der Waals surface area contributed by atoms with Gasteiger partial charge in [0.25, 0.3) is 0 Å². The minimum atomic E-state index is -1.20. The summed E-state index contributed by atoms with van der Waals surface area (Å²) < 4.78 is 28.4. The van der Waals surface area contributed by atoms with E-state index in [4.69, 9.17) is 23.7 Å². The zero-order valence-electron chi connectivity index (χ0n) is 15.3. The van der Waals surface area contributed by atoms with E-state index in [2.05, 4.69) is 0 Å². The fraction of sp³-hybridized carbons (Fsp3) is 0.381. The van der Waals surface area contributed by atoms with Gasteiger partial charge in [0.2, 0.25) is 0 Å². The maximum atomic E-state index is 12.6. The van der Waals surface area contributed by atoms with Gasteiger partial charge in [-0.15, -0.1) is 0 Å². The summed E-state index contributed by atoms with van der Waals surface area (Å²) in [6, 6.07) is 18.0. The third-order valence-electron chi connectivity index (χ3n) is 4.86. The largest absolute Gasteiger partial charge is 0.453 e. The lowest BCUT2D eigenvalue weighted by Crippen LogP contribution is -2.63. The molecular formula is C21H22O7. The molecule has 2 aromatic carbocycles. The van der Waals surface area contributed by atoms with E-state index in [1.165, 1.54) is 7.11 Å². The molecule has 1 N–H and O–H groups in total. The van der Waals surface area contributed by atoms with E-state index in [0.29, 0.717) is 5.56 Å². The Balaban J connectivity index is 1.56. The summed E-state index contributed by atoms with van der Waals surface area (Å²) >= 11 is 0. The minimum absolute atomic E-state index is 0.218. The van der Waals surface area contributed by atoms with E-state index in [1.807, 2.05) is 36.4 Å². The van der Waals surface area contributed by atoms with Crippen molar-refractivity contribution in [2.45, 2.75) is 37.0 Å². The predicted molar refractivity (Wildman–Crippen MR) is 97.3 cm³/mol. The fourth-order valence-electron chi connectivity index (χ4n) is 3.44. The maximum absolute atomic E-state index is 12.6. The van der Waals surface area contributed by atoms with Gasteiger partial charge in [0.05, 0.1) is 12.2 Å². The minimum Gasteiger partial charge on any atom is -0.453 e. The van der Waals surface area contributed by atoms with Crippen molar-refractivity contribution >= 4 is 5.97 Å². The number of fused-ring (bicyclic) bond motifs is 1. The van der Waals surface area contributed by atoms with Crippen molar-refractivity contribution in [1.82, 2.24) is 0 Å². The summed E-state index contributed by atoms with van der Waals surface area (Å²) in [7, 11) is 1.42. The topological polar surface area (TPSA) is 83.5 Å². The van der Waals surface area contributed by atoms with E-state index in [0.717, 1.165) is 5.56 Å². The first kappa shape index (κ1) is 19.0. The van der Waals surface area contributed by atoms with Crippen LogP contribution >= 0.6 is 0 Å². The van der Waals surface area contributed by atoms with Gasteiger partial charge in [0.1, 0.15) is 18.3 Å². The number of carbonyl (C=O) groups is 1. The first-order valence-corrected chi connectivity index (χ1v) is 9.11. The number of hydrogen-bond acceptors (Lipinski definition) is 7. The summed E-state index contributed by atoms with van der Waals surface area (Å²) in [4.78, 5) is 12.6. The normalized spacial score (nSPS) is 32.4. The van der Waals surface area contributed by atoms with E-state index in [-0.39, 0.29) is 6.61 Å². The number of esters is 1. The highest BCUT2D eigenvalue weighted by molar-refractivity contribution is 5.89. The first-order chi connectivity index (χ1) is 13.7.